The molecule has 74 heavy (non-hydrogen) atoms. The van der Waals surface area contributed by atoms with Gasteiger partial charge in [-0.2, -0.15) is 0 Å². The molecule has 0 fully saturated rings. The average Bonchev–Trinajstić information content (AvgIpc) is 3.35. The van der Waals surface area contributed by atoms with E-state index in [-0.39, 0.29) is 101 Å². The Morgan fingerprint density at radius 1 is 0.365 bits per heavy atom. The van der Waals surface area contributed by atoms with E-state index < -0.39 is 29.3 Å². The zero-order chi connectivity index (χ0) is 55.5. The first-order chi connectivity index (χ1) is 35.6. The molecular weight excluding hydrogens is 947 g/mol. The van der Waals surface area contributed by atoms with Gasteiger partial charge in [-0.15, -0.1) is 0 Å². The molecule has 0 heterocycles. The summed E-state index contributed by atoms with van der Waals surface area (Å²) in [5.74, 6) is -3.25. The van der Waals surface area contributed by atoms with Gasteiger partial charge in [-0.1, -0.05) is 157 Å². The van der Waals surface area contributed by atoms with Crippen LogP contribution in [0.3, 0.4) is 0 Å². The molecule has 0 aliphatic heterocycles. The molecular formula is C59H109NO14. The molecule has 2 N–H and O–H groups in total. The third-order valence-electron chi connectivity index (χ3n) is 13.2. The minimum atomic E-state index is -1.31. The molecule has 0 atom stereocenters. The van der Waals surface area contributed by atoms with Crippen molar-refractivity contribution in [2.24, 2.45) is 17.3 Å². The van der Waals surface area contributed by atoms with Crippen molar-refractivity contribution in [1.29, 1.82) is 0 Å². The lowest BCUT2D eigenvalue weighted by Crippen LogP contribution is -2.44. The fraction of sp³-hybridized carbons (Fsp3) is 0.881. The van der Waals surface area contributed by atoms with E-state index in [1.807, 2.05) is 19.0 Å². The molecule has 0 rings (SSSR count). The molecule has 0 unspecified atom stereocenters. The Morgan fingerprint density at radius 3 is 1.01 bits per heavy atom. The monoisotopic (exact) mass is 1060 g/mol. The number of hydrogen-bond acceptors (Lipinski definition) is 13. The smallest absolute Gasteiger partial charge is 0.306 e. The molecule has 0 amide bonds. The number of carbonyl (C=O) groups is 7. The summed E-state index contributed by atoms with van der Waals surface area (Å²) < 4.78 is 29.1. The normalized spacial score (nSPS) is 11.3. The van der Waals surface area contributed by atoms with Crippen LogP contribution in [0.4, 0.5) is 0 Å². The molecule has 434 valence electrons. The van der Waals surface area contributed by atoms with Crippen LogP contribution in [-0.4, -0.2) is 111 Å². The maximum Gasteiger partial charge on any atom is 0.306 e. The van der Waals surface area contributed by atoms with Crippen molar-refractivity contribution < 1.29 is 67.5 Å². The summed E-state index contributed by atoms with van der Waals surface area (Å²) in [6.07, 6.45) is 29.8. The highest BCUT2D eigenvalue weighted by Gasteiger charge is 2.38. The minimum Gasteiger partial charge on any atom is -0.481 e. The standard InChI is InChI=1S/C53H99NO10.C6H10O4/c1-8-13-18-19-20-21-22-29-39-60-48(55)35-27-28-36-49(56)61-42-53(43-62-50(57)37-30-38-54(6)7,44-63-51(58)40-46(31-23-14-9-2)32-24-15-10-3)45-64-52(59)41-47(33-25-16-11-4)34-26-17-12-5;7-5(8)3-1-2-4-6(9)10/h46-47H,8-45H2,1-7H3;1-4H2,(H,7,8)(H,9,10). The van der Waals surface area contributed by atoms with Crippen LogP contribution in [0.2, 0.25) is 0 Å². The van der Waals surface area contributed by atoms with Crippen molar-refractivity contribution in [2.75, 3.05) is 53.7 Å². The van der Waals surface area contributed by atoms with Crippen LogP contribution in [0.15, 0.2) is 0 Å². The van der Waals surface area contributed by atoms with E-state index in [0.717, 1.165) is 122 Å². The molecule has 15 heteroatoms. The highest BCUT2D eigenvalue weighted by atomic mass is 16.6. The average molecular weight is 1060 g/mol. The number of rotatable bonds is 51. The molecule has 15 nitrogen and oxygen atoms in total. The number of unbranched alkanes of at least 4 members (excludes halogenated alkanes) is 17. The first-order valence-electron chi connectivity index (χ1n) is 29.4. The van der Waals surface area contributed by atoms with Gasteiger partial charge in [0.2, 0.25) is 0 Å². The van der Waals surface area contributed by atoms with Crippen molar-refractivity contribution in [2.45, 2.75) is 266 Å². The summed E-state index contributed by atoms with van der Waals surface area (Å²) in [4.78, 5) is 87.6. The topological polar surface area (TPSA) is 209 Å². The highest BCUT2D eigenvalue weighted by Crippen LogP contribution is 2.27. The van der Waals surface area contributed by atoms with E-state index in [2.05, 4.69) is 34.6 Å². The molecule has 0 radical (unpaired) electrons. The number of carbonyl (C=O) groups excluding carboxylic acids is 5. The number of aliphatic carboxylic acids is 2. The number of carboxylic acids is 2. The van der Waals surface area contributed by atoms with Crippen LogP contribution < -0.4 is 0 Å². The molecule has 0 bridgehead atoms. The predicted molar refractivity (Wildman–Crippen MR) is 293 cm³/mol. The lowest BCUT2D eigenvalue weighted by atomic mass is 9.90. The molecule has 0 saturated heterocycles. The predicted octanol–water partition coefficient (Wildman–Crippen LogP) is 13.8. The fourth-order valence-corrected chi connectivity index (χ4v) is 8.47. The Hall–Kier alpha value is -3.75. The van der Waals surface area contributed by atoms with Crippen LogP contribution >= 0.6 is 0 Å². The summed E-state index contributed by atoms with van der Waals surface area (Å²) >= 11 is 0. The van der Waals surface area contributed by atoms with Crippen LogP contribution in [0, 0.1) is 17.3 Å². The number of esters is 5. The van der Waals surface area contributed by atoms with Crippen LogP contribution in [0.25, 0.3) is 0 Å². The highest BCUT2D eigenvalue weighted by molar-refractivity contribution is 5.72. The minimum absolute atomic E-state index is 0.0628. The van der Waals surface area contributed by atoms with Crippen molar-refractivity contribution in [3.05, 3.63) is 0 Å². The summed E-state index contributed by atoms with van der Waals surface area (Å²) in [5, 5.41) is 16.3. The number of nitrogens with zero attached hydrogens (tertiary/aromatic N) is 1. The van der Waals surface area contributed by atoms with E-state index in [4.69, 9.17) is 33.9 Å². The second-order valence-electron chi connectivity index (χ2n) is 21.1. The number of ether oxygens (including phenoxy) is 5. The second-order valence-corrected chi connectivity index (χ2v) is 21.1. The van der Waals surface area contributed by atoms with Gasteiger partial charge in [0.1, 0.15) is 31.8 Å². The molecule has 0 aliphatic carbocycles. The lowest BCUT2D eigenvalue weighted by molar-refractivity contribution is -0.171. The molecule has 0 aliphatic rings. The largest absolute Gasteiger partial charge is 0.481 e. The Balaban J connectivity index is 0. The van der Waals surface area contributed by atoms with Gasteiger partial charge in [0.25, 0.3) is 0 Å². The van der Waals surface area contributed by atoms with Gasteiger partial charge in [0.05, 0.1) is 6.61 Å². The molecule has 0 aromatic rings. The summed E-state index contributed by atoms with van der Waals surface area (Å²) in [6.45, 7) is 11.0. The van der Waals surface area contributed by atoms with Gasteiger partial charge in [-0.3, -0.25) is 33.6 Å². The molecule has 0 spiro atoms. The fourth-order valence-electron chi connectivity index (χ4n) is 8.47. The Morgan fingerprint density at radius 2 is 0.662 bits per heavy atom. The van der Waals surface area contributed by atoms with E-state index in [1.165, 1.54) is 32.1 Å². The van der Waals surface area contributed by atoms with E-state index in [0.29, 0.717) is 45.3 Å². The van der Waals surface area contributed by atoms with E-state index >= 15 is 0 Å². The first kappa shape index (κ1) is 72.3. The van der Waals surface area contributed by atoms with Gasteiger partial charge in [-0.25, -0.2) is 0 Å². The SMILES string of the molecule is CCCCCCCCCCOC(=O)CCCCC(=O)OCC(COC(=O)CCCN(C)C)(COC(=O)CC(CCCCC)CCCCC)COC(=O)CC(CCCCC)CCCCC.O=C(O)CCCCC(=O)O. The summed E-state index contributed by atoms with van der Waals surface area (Å²) in [6, 6.07) is 0. The van der Waals surface area contributed by atoms with Crippen LogP contribution in [0.5, 0.6) is 0 Å². The van der Waals surface area contributed by atoms with Gasteiger partial charge in [-0.05, 0) is 96.7 Å². The summed E-state index contributed by atoms with van der Waals surface area (Å²) in [5.41, 5.74) is -1.31. The molecule has 0 aromatic heterocycles. The first-order valence-corrected chi connectivity index (χ1v) is 29.4. The summed E-state index contributed by atoms with van der Waals surface area (Å²) in [7, 11) is 3.88. The number of hydrogen-bond donors (Lipinski definition) is 2. The van der Waals surface area contributed by atoms with E-state index in [9.17, 15) is 33.6 Å². The Kier molecular flexibility index (Phi) is 50.2. The number of carboxylic acid groups (broad SMARTS) is 2. The molecule has 0 saturated carbocycles. The Bertz CT molecular complexity index is 1340. The second kappa shape index (κ2) is 51.4. The van der Waals surface area contributed by atoms with Crippen LogP contribution in [0.1, 0.15) is 266 Å². The molecule has 0 aromatic carbocycles. The van der Waals surface area contributed by atoms with Gasteiger partial charge in [0.15, 0.2) is 0 Å². The Labute approximate surface area is 449 Å². The van der Waals surface area contributed by atoms with Gasteiger partial charge < -0.3 is 38.8 Å². The third-order valence-corrected chi connectivity index (χ3v) is 13.2. The maximum atomic E-state index is 13.6. The zero-order valence-electron chi connectivity index (χ0n) is 48.1. The van der Waals surface area contributed by atoms with Crippen molar-refractivity contribution in [3.63, 3.8) is 0 Å². The van der Waals surface area contributed by atoms with E-state index in [1.54, 1.807) is 0 Å². The van der Waals surface area contributed by atoms with Gasteiger partial charge >= 0.3 is 41.8 Å². The maximum absolute atomic E-state index is 13.6. The third kappa shape index (κ3) is 49.1. The quantitative estimate of drug-likeness (QED) is 0.0330. The van der Waals surface area contributed by atoms with Crippen LogP contribution in [-0.2, 0) is 57.2 Å². The van der Waals surface area contributed by atoms with Gasteiger partial charge in [0, 0.05) is 44.9 Å². The zero-order valence-corrected chi connectivity index (χ0v) is 48.1. The van der Waals surface area contributed by atoms with Crippen molar-refractivity contribution >= 4 is 41.8 Å². The van der Waals surface area contributed by atoms with Crippen molar-refractivity contribution in [3.8, 4) is 0 Å². The lowest BCUT2D eigenvalue weighted by Gasteiger charge is -2.32. The van der Waals surface area contributed by atoms with Crippen molar-refractivity contribution in [1.82, 2.24) is 4.90 Å².